The van der Waals surface area contributed by atoms with Crippen molar-refractivity contribution < 1.29 is 24.1 Å². The molecule has 0 radical (unpaired) electrons. The van der Waals surface area contributed by atoms with Crippen LogP contribution in [0.5, 0.6) is 17.2 Å². The van der Waals surface area contributed by atoms with Crippen LogP contribution in [0, 0.1) is 6.92 Å². The Kier molecular flexibility index (Phi) is 4.66. The molecule has 0 aliphatic carbocycles. The maximum absolute atomic E-state index is 11.2. The first-order valence-corrected chi connectivity index (χ1v) is 6.34. The summed E-state index contributed by atoms with van der Waals surface area (Å²) in [5, 5.41) is 9.14. The van der Waals surface area contributed by atoms with Gasteiger partial charge in [0.1, 0.15) is 22.8 Å². The maximum Gasteiger partial charge on any atom is 0.339 e. The van der Waals surface area contributed by atoms with Crippen molar-refractivity contribution in [3.8, 4) is 17.2 Å². The third-order valence-electron chi connectivity index (χ3n) is 2.91. The van der Waals surface area contributed by atoms with Gasteiger partial charge in [0, 0.05) is 6.07 Å². The molecule has 0 aromatic heterocycles. The number of hydrogen-bond donors (Lipinski definition) is 1. The van der Waals surface area contributed by atoms with Gasteiger partial charge >= 0.3 is 5.97 Å². The van der Waals surface area contributed by atoms with E-state index in [1.807, 2.05) is 0 Å². The number of para-hydroxylation sites is 1. The number of ether oxygens (including phenoxy) is 3. The van der Waals surface area contributed by atoms with E-state index in [0.29, 0.717) is 17.2 Å². The Morgan fingerprint density at radius 2 is 1.81 bits per heavy atom. The molecule has 21 heavy (non-hydrogen) atoms. The van der Waals surface area contributed by atoms with Crippen LogP contribution in [0.25, 0.3) is 0 Å². The standard InChI is InChI=1S/C16H16O5/c1-11-5-3-8-14(16(17)18)15(11)21-10-20-13-7-4-6-12(9-13)19-2/h3-9H,10H2,1-2H3,(H,17,18). The van der Waals surface area contributed by atoms with E-state index in [0.717, 1.165) is 5.56 Å². The zero-order chi connectivity index (χ0) is 15.2. The molecule has 5 heteroatoms. The summed E-state index contributed by atoms with van der Waals surface area (Å²) in [4.78, 5) is 11.2. The fourth-order valence-corrected chi connectivity index (χ4v) is 1.86. The van der Waals surface area contributed by atoms with Gasteiger partial charge in [-0.25, -0.2) is 4.79 Å². The van der Waals surface area contributed by atoms with Crippen molar-refractivity contribution in [2.75, 3.05) is 13.9 Å². The van der Waals surface area contributed by atoms with E-state index in [1.54, 1.807) is 50.4 Å². The molecule has 2 aromatic rings. The molecule has 0 saturated heterocycles. The van der Waals surface area contributed by atoms with Crippen LogP contribution in [0.15, 0.2) is 42.5 Å². The lowest BCUT2D eigenvalue weighted by Crippen LogP contribution is -2.10. The van der Waals surface area contributed by atoms with Crippen LogP contribution in [0.2, 0.25) is 0 Å². The van der Waals surface area contributed by atoms with Crippen LogP contribution in [0.3, 0.4) is 0 Å². The van der Waals surface area contributed by atoms with Crippen molar-refractivity contribution in [3.63, 3.8) is 0 Å². The smallest absolute Gasteiger partial charge is 0.339 e. The normalized spacial score (nSPS) is 10.0. The average molecular weight is 288 g/mol. The number of methoxy groups -OCH3 is 1. The van der Waals surface area contributed by atoms with Crippen LogP contribution in [0.1, 0.15) is 15.9 Å². The number of benzene rings is 2. The Balaban J connectivity index is 2.05. The van der Waals surface area contributed by atoms with Crippen molar-refractivity contribution in [2.45, 2.75) is 6.92 Å². The molecule has 0 fully saturated rings. The van der Waals surface area contributed by atoms with Crippen molar-refractivity contribution in [1.29, 1.82) is 0 Å². The Bertz CT molecular complexity index is 636. The number of carboxylic acid groups (broad SMARTS) is 1. The highest BCUT2D eigenvalue weighted by molar-refractivity contribution is 5.91. The molecule has 0 saturated carbocycles. The molecule has 0 spiro atoms. The molecule has 0 aliphatic heterocycles. The number of aryl methyl sites for hydroxylation is 1. The minimum Gasteiger partial charge on any atom is -0.497 e. The first-order chi connectivity index (χ1) is 10.1. The van der Waals surface area contributed by atoms with E-state index in [9.17, 15) is 4.79 Å². The minimum atomic E-state index is -1.03. The number of rotatable bonds is 6. The van der Waals surface area contributed by atoms with E-state index in [1.165, 1.54) is 6.07 Å². The quantitative estimate of drug-likeness (QED) is 0.827. The molecule has 0 atom stereocenters. The first-order valence-electron chi connectivity index (χ1n) is 6.34. The second-order valence-electron chi connectivity index (χ2n) is 4.34. The van der Waals surface area contributed by atoms with Crippen LogP contribution < -0.4 is 14.2 Å². The zero-order valence-electron chi connectivity index (χ0n) is 11.8. The predicted octanol–water partition coefficient (Wildman–Crippen LogP) is 3.12. The molecule has 5 nitrogen and oxygen atoms in total. The average Bonchev–Trinajstić information content (AvgIpc) is 2.49. The van der Waals surface area contributed by atoms with E-state index in [4.69, 9.17) is 19.3 Å². The van der Waals surface area contributed by atoms with Gasteiger partial charge < -0.3 is 19.3 Å². The lowest BCUT2D eigenvalue weighted by atomic mass is 10.1. The molecule has 1 N–H and O–H groups in total. The summed E-state index contributed by atoms with van der Waals surface area (Å²) < 4.78 is 16.0. The lowest BCUT2D eigenvalue weighted by molar-refractivity contribution is 0.0682. The van der Waals surface area contributed by atoms with Gasteiger partial charge in [-0.1, -0.05) is 18.2 Å². The molecule has 0 aliphatic rings. The molecule has 110 valence electrons. The summed E-state index contributed by atoms with van der Waals surface area (Å²) in [6.45, 7) is 1.70. The zero-order valence-corrected chi connectivity index (χ0v) is 11.8. The van der Waals surface area contributed by atoms with Crippen LogP contribution in [-0.4, -0.2) is 25.0 Å². The van der Waals surface area contributed by atoms with E-state index in [2.05, 4.69) is 0 Å². The highest BCUT2D eigenvalue weighted by Gasteiger charge is 2.13. The van der Waals surface area contributed by atoms with Gasteiger partial charge in [-0.05, 0) is 30.7 Å². The van der Waals surface area contributed by atoms with Crippen molar-refractivity contribution in [2.24, 2.45) is 0 Å². The number of hydrogen-bond acceptors (Lipinski definition) is 4. The monoisotopic (exact) mass is 288 g/mol. The summed E-state index contributed by atoms with van der Waals surface area (Å²) >= 11 is 0. The SMILES string of the molecule is COc1cccc(OCOc2c(C)cccc2C(=O)O)c1. The summed E-state index contributed by atoms with van der Waals surface area (Å²) in [6.07, 6.45) is 0. The van der Waals surface area contributed by atoms with Gasteiger partial charge in [0.15, 0.2) is 0 Å². The number of carboxylic acids is 1. The minimum absolute atomic E-state index is 0.0850. The van der Waals surface area contributed by atoms with E-state index >= 15 is 0 Å². The highest BCUT2D eigenvalue weighted by atomic mass is 16.7. The van der Waals surface area contributed by atoms with E-state index in [-0.39, 0.29) is 12.4 Å². The van der Waals surface area contributed by atoms with Gasteiger partial charge in [0.25, 0.3) is 0 Å². The molecule has 0 heterocycles. The molecule has 0 amide bonds. The summed E-state index contributed by atoms with van der Waals surface area (Å²) in [5.74, 6) is 0.539. The summed E-state index contributed by atoms with van der Waals surface area (Å²) in [7, 11) is 1.57. The summed E-state index contributed by atoms with van der Waals surface area (Å²) in [5.41, 5.74) is 0.855. The van der Waals surface area contributed by atoms with Crippen LogP contribution >= 0.6 is 0 Å². The van der Waals surface area contributed by atoms with Gasteiger partial charge in [0.2, 0.25) is 6.79 Å². The number of aromatic carboxylic acids is 1. The molecule has 2 aromatic carbocycles. The molecule has 0 bridgehead atoms. The largest absolute Gasteiger partial charge is 0.497 e. The van der Waals surface area contributed by atoms with Gasteiger partial charge in [-0.3, -0.25) is 0 Å². The van der Waals surface area contributed by atoms with Crippen LogP contribution in [0.4, 0.5) is 0 Å². The van der Waals surface area contributed by atoms with Crippen LogP contribution in [-0.2, 0) is 0 Å². The van der Waals surface area contributed by atoms with Gasteiger partial charge in [0.05, 0.1) is 7.11 Å². The fraction of sp³-hybridized carbons (Fsp3) is 0.188. The summed E-state index contributed by atoms with van der Waals surface area (Å²) in [6, 6.07) is 12.0. The third-order valence-corrected chi connectivity index (χ3v) is 2.91. The van der Waals surface area contributed by atoms with Gasteiger partial charge in [-0.2, -0.15) is 0 Å². The maximum atomic E-state index is 11.2. The molecule has 0 unspecified atom stereocenters. The molecular formula is C16H16O5. The Labute approximate surface area is 122 Å². The topological polar surface area (TPSA) is 65.0 Å². The highest BCUT2D eigenvalue weighted by Crippen LogP contribution is 2.24. The molecular weight excluding hydrogens is 272 g/mol. The molecule has 2 rings (SSSR count). The first kappa shape index (κ1) is 14.7. The van der Waals surface area contributed by atoms with Crippen molar-refractivity contribution in [3.05, 3.63) is 53.6 Å². The number of carbonyl (C=O) groups is 1. The van der Waals surface area contributed by atoms with Crippen molar-refractivity contribution >= 4 is 5.97 Å². The fourth-order valence-electron chi connectivity index (χ4n) is 1.86. The second kappa shape index (κ2) is 6.65. The third kappa shape index (κ3) is 3.66. The Morgan fingerprint density at radius 1 is 1.10 bits per heavy atom. The predicted molar refractivity (Wildman–Crippen MR) is 77.3 cm³/mol. The van der Waals surface area contributed by atoms with Gasteiger partial charge in [-0.15, -0.1) is 0 Å². The Hall–Kier alpha value is -2.69. The van der Waals surface area contributed by atoms with E-state index < -0.39 is 5.97 Å². The Morgan fingerprint density at radius 3 is 2.52 bits per heavy atom. The lowest BCUT2D eigenvalue weighted by Gasteiger charge is -2.13. The van der Waals surface area contributed by atoms with Crippen molar-refractivity contribution in [1.82, 2.24) is 0 Å². The second-order valence-corrected chi connectivity index (χ2v) is 4.34.